The van der Waals surface area contributed by atoms with E-state index in [0.717, 1.165) is 13.1 Å². The molecule has 0 amide bonds. The molecule has 0 N–H and O–H groups in total. The van der Waals surface area contributed by atoms with Crippen LogP contribution in [0.15, 0.2) is 29.4 Å². The SMILES string of the molecule is CC=CN(C)CCOc1cc(N=C=O)cc(OCCN(C)C)c1OCCN(C)C. The Bertz CT molecular complexity index is 686. The highest BCUT2D eigenvalue weighted by Crippen LogP contribution is 2.41. The lowest BCUT2D eigenvalue weighted by Crippen LogP contribution is -2.22. The topological polar surface area (TPSA) is 66.8 Å². The van der Waals surface area contributed by atoms with Gasteiger partial charge >= 0.3 is 0 Å². The minimum Gasteiger partial charge on any atom is -0.488 e. The van der Waals surface area contributed by atoms with Crippen molar-refractivity contribution in [1.29, 1.82) is 0 Å². The minimum absolute atomic E-state index is 0.414. The quantitative estimate of drug-likeness (QED) is 0.347. The molecule has 0 fully saturated rings. The third kappa shape index (κ3) is 9.99. The number of hydrogen-bond acceptors (Lipinski definition) is 8. The first-order valence-electron chi connectivity index (χ1n) is 9.64. The highest BCUT2D eigenvalue weighted by molar-refractivity contribution is 5.62. The van der Waals surface area contributed by atoms with Crippen LogP contribution in [0.1, 0.15) is 6.92 Å². The van der Waals surface area contributed by atoms with E-state index < -0.39 is 0 Å². The predicted octanol–water partition coefficient (Wildman–Crippen LogP) is 2.38. The number of carbonyl (C=O) groups excluding carboxylic acids is 1. The molecule has 8 heteroatoms. The van der Waals surface area contributed by atoms with Crippen molar-refractivity contribution in [3.8, 4) is 17.2 Å². The fourth-order valence-corrected chi connectivity index (χ4v) is 2.33. The lowest BCUT2D eigenvalue weighted by Gasteiger charge is -2.20. The lowest BCUT2D eigenvalue weighted by molar-refractivity contribution is 0.210. The van der Waals surface area contributed by atoms with Gasteiger partial charge in [-0.05, 0) is 41.3 Å². The van der Waals surface area contributed by atoms with Crippen molar-refractivity contribution in [2.24, 2.45) is 4.99 Å². The molecule has 0 bridgehead atoms. The van der Waals surface area contributed by atoms with Crippen LogP contribution >= 0.6 is 0 Å². The largest absolute Gasteiger partial charge is 0.488 e. The normalized spacial score (nSPS) is 11.0. The molecule has 0 aliphatic carbocycles. The van der Waals surface area contributed by atoms with Gasteiger partial charge < -0.3 is 28.9 Å². The molecule has 1 aromatic rings. The van der Waals surface area contributed by atoms with Crippen molar-refractivity contribution < 1.29 is 19.0 Å². The van der Waals surface area contributed by atoms with Gasteiger partial charge in [-0.1, -0.05) is 6.08 Å². The van der Waals surface area contributed by atoms with Crippen molar-refractivity contribution in [2.45, 2.75) is 6.92 Å². The zero-order valence-electron chi connectivity index (χ0n) is 18.5. The van der Waals surface area contributed by atoms with Crippen LogP contribution in [0.5, 0.6) is 17.2 Å². The van der Waals surface area contributed by atoms with Crippen LogP contribution in [0.3, 0.4) is 0 Å². The van der Waals surface area contributed by atoms with Crippen molar-refractivity contribution in [3.63, 3.8) is 0 Å². The molecule has 29 heavy (non-hydrogen) atoms. The highest BCUT2D eigenvalue weighted by atomic mass is 16.5. The van der Waals surface area contributed by atoms with Crippen LogP contribution in [0.25, 0.3) is 0 Å². The monoisotopic (exact) mass is 406 g/mol. The van der Waals surface area contributed by atoms with Crippen LogP contribution < -0.4 is 14.2 Å². The van der Waals surface area contributed by atoms with Crippen molar-refractivity contribution >= 4 is 11.8 Å². The zero-order chi connectivity index (χ0) is 21.6. The van der Waals surface area contributed by atoms with Gasteiger partial charge in [0.05, 0.1) is 12.2 Å². The predicted molar refractivity (Wildman–Crippen MR) is 115 cm³/mol. The molecule has 0 atom stereocenters. The van der Waals surface area contributed by atoms with Crippen LogP contribution in [-0.2, 0) is 4.79 Å². The molecule has 0 spiro atoms. The third-order valence-corrected chi connectivity index (χ3v) is 3.87. The second-order valence-corrected chi connectivity index (χ2v) is 7.09. The van der Waals surface area contributed by atoms with Gasteiger partial charge in [0.1, 0.15) is 19.8 Å². The summed E-state index contributed by atoms with van der Waals surface area (Å²) in [6, 6.07) is 3.34. The van der Waals surface area contributed by atoms with E-state index in [4.69, 9.17) is 14.2 Å². The second kappa shape index (κ2) is 13.6. The summed E-state index contributed by atoms with van der Waals surface area (Å²) in [7, 11) is 9.88. The maximum absolute atomic E-state index is 10.8. The fraction of sp³-hybridized carbons (Fsp3) is 0.571. The summed E-state index contributed by atoms with van der Waals surface area (Å²) in [4.78, 5) is 20.6. The first-order valence-corrected chi connectivity index (χ1v) is 9.64. The minimum atomic E-state index is 0.414. The maximum Gasteiger partial charge on any atom is 0.240 e. The number of aliphatic imine (C=N–C) groups is 1. The molecule has 0 aliphatic rings. The number of ether oxygens (including phenoxy) is 3. The van der Waals surface area contributed by atoms with Crippen molar-refractivity contribution in [1.82, 2.24) is 14.7 Å². The van der Waals surface area contributed by atoms with Crippen LogP contribution in [0, 0.1) is 0 Å². The highest BCUT2D eigenvalue weighted by Gasteiger charge is 2.16. The molecule has 0 aromatic heterocycles. The van der Waals surface area contributed by atoms with E-state index in [9.17, 15) is 4.79 Å². The van der Waals surface area contributed by atoms with Gasteiger partial charge in [0.2, 0.25) is 11.8 Å². The summed E-state index contributed by atoms with van der Waals surface area (Å²) in [5.41, 5.74) is 0.414. The Hall–Kier alpha value is -2.54. The van der Waals surface area contributed by atoms with E-state index >= 15 is 0 Å². The Morgan fingerprint density at radius 2 is 1.41 bits per heavy atom. The van der Waals surface area contributed by atoms with E-state index in [1.165, 1.54) is 0 Å². The molecule has 1 rings (SSSR count). The molecule has 1 aromatic carbocycles. The molecule has 0 unspecified atom stereocenters. The van der Waals surface area contributed by atoms with Gasteiger partial charge in [-0.3, -0.25) is 0 Å². The summed E-state index contributed by atoms with van der Waals surface area (Å²) in [6.45, 7) is 5.52. The first kappa shape index (κ1) is 24.5. The number of likely N-dealkylation sites (N-methyl/N-ethyl adjacent to an activating group) is 3. The van der Waals surface area contributed by atoms with E-state index in [1.54, 1.807) is 18.2 Å². The van der Waals surface area contributed by atoms with Crippen LogP contribution in [0.4, 0.5) is 5.69 Å². The molecule has 0 saturated carbocycles. The van der Waals surface area contributed by atoms with Gasteiger partial charge in [0.25, 0.3) is 0 Å². The maximum atomic E-state index is 10.8. The van der Waals surface area contributed by atoms with Gasteiger partial charge in [-0.25, -0.2) is 4.79 Å². The van der Waals surface area contributed by atoms with E-state index in [0.29, 0.717) is 49.3 Å². The van der Waals surface area contributed by atoms with Crippen molar-refractivity contribution in [2.75, 3.05) is 74.7 Å². The summed E-state index contributed by atoms with van der Waals surface area (Å²) in [5, 5.41) is 0. The molecular formula is C21H34N4O4. The molecule has 0 radical (unpaired) electrons. The van der Waals surface area contributed by atoms with E-state index in [2.05, 4.69) is 4.99 Å². The van der Waals surface area contributed by atoms with Crippen LogP contribution in [-0.4, -0.2) is 95.5 Å². The second-order valence-electron chi connectivity index (χ2n) is 7.09. The standard InChI is InChI=1S/C21H34N4O4/c1-7-8-25(6)11-14-28-20-16-18(22-17-26)15-19(27-12-9-23(2)3)21(20)29-13-10-24(4)5/h7-8,15-16H,9-14H2,1-6H3. The van der Waals surface area contributed by atoms with Gasteiger partial charge in [-0.2, -0.15) is 4.99 Å². The lowest BCUT2D eigenvalue weighted by atomic mass is 10.2. The number of benzene rings is 1. The molecule has 0 aliphatic heterocycles. The summed E-state index contributed by atoms with van der Waals surface area (Å²) in [6.07, 6.45) is 5.51. The van der Waals surface area contributed by atoms with Gasteiger partial charge in [-0.15, -0.1) is 0 Å². The molecule has 0 heterocycles. The Labute approximate surface area is 174 Å². The summed E-state index contributed by atoms with van der Waals surface area (Å²) < 4.78 is 17.9. The van der Waals surface area contributed by atoms with Gasteiger partial charge in [0, 0.05) is 32.3 Å². The summed E-state index contributed by atoms with van der Waals surface area (Å²) >= 11 is 0. The molecule has 8 nitrogen and oxygen atoms in total. The summed E-state index contributed by atoms with van der Waals surface area (Å²) in [5.74, 6) is 1.51. The zero-order valence-corrected chi connectivity index (χ0v) is 18.5. The van der Waals surface area contributed by atoms with Crippen molar-refractivity contribution in [3.05, 3.63) is 24.4 Å². The number of hydrogen-bond donors (Lipinski definition) is 0. The average Bonchev–Trinajstić information content (AvgIpc) is 2.63. The first-order chi connectivity index (χ1) is 13.9. The third-order valence-electron chi connectivity index (χ3n) is 3.87. The smallest absolute Gasteiger partial charge is 0.240 e. The van der Waals surface area contributed by atoms with Crippen LogP contribution in [0.2, 0.25) is 0 Å². The Morgan fingerprint density at radius 3 is 1.90 bits per heavy atom. The van der Waals surface area contributed by atoms with E-state index in [1.807, 2.05) is 69.1 Å². The molecule has 162 valence electrons. The molecule has 0 saturated heterocycles. The Morgan fingerprint density at radius 1 is 0.897 bits per heavy atom. The Kier molecular flexibility index (Phi) is 11.5. The number of nitrogens with zero attached hydrogens (tertiary/aromatic N) is 4. The van der Waals surface area contributed by atoms with E-state index in [-0.39, 0.29) is 0 Å². The number of allylic oxidation sites excluding steroid dienone is 1. The number of rotatable bonds is 14. The van der Waals surface area contributed by atoms with Gasteiger partial charge in [0.15, 0.2) is 11.5 Å². The average molecular weight is 407 g/mol. The Balaban J connectivity index is 3.09. The number of isocyanates is 1. The molecular weight excluding hydrogens is 372 g/mol. The fourth-order valence-electron chi connectivity index (χ4n) is 2.33.